The minimum atomic E-state index is -1.51. The lowest BCUT2D eigenvalue weighted by molar-refractivity contribution is -0.158. The molecule has 0 aromatic heterocycles. The fourth-order valence-corrected chi connectivity index (χ4v) is 24.6. The normalized spacial score (nSPS) is 26.3. The highest BCUT2D eigenvalue weighted by Crippen LogP contribution is 2.69. The zero-order valence-corrected chi connectivity index (χ0v) is 73.8. The van der Waals surface area contributed by atoms with Crippen molar-refractivity contribution in [1.29, 1.82) is 10.5 Å². The van der Waals surface area contributed by atoms with E-state index in [0.717, 1.165) is 22.3 Å². The maximum absolute atomic E-state index is 15.1. The smallest absolute Gasteiger partial charge is 0.411 e. The molecule has 0 saturated carbocycles. The summed E-state index contributed by atoms with van der Waals surface area (Å²) in [5.41, 5.74) is 4.52. The number of amides is 2. The summed E-state index contributed by atoms with van der Waals surface area (Å²) in [7, 11) is 5.81. The van der Waals surface area contributed by atoms with Crippen molar-refractivity contribution in [1.82, 2.24) is 30.2 Å². The molecular weight excluding hydrogens is 1680 g/mol. The van der Waals surface area contributed by atoms with Crippen LogP contribution in [-0.2, 0) is 79.7 Å². The number of benzene rings is 6. The molecule has 8 bridgehead atoms. The number of nitrogens with zero attached hydrogens (tertiary/aromatic N) is 6. The Kier molecular flexibility index (Phi) is 23.7. The topological polar surface area (TPSA) is 403 Å². The lowest BCUT2D eigenvalue weighted by atomic mass is 9.71. The molecule has 20 rings (SSSR count). The molecule has 2 spiro atoms. The molecule has 676 valence electrons. The van der Waals surface area contributed by atoms with E-state index >= 15 is 4.79 Å². The van der Waals surface area contributed by atoms with Gasteiger partial charge in [-0.1, -0.05) is 27.0 Å². The van der Waals surface area contributed by atoms with E-state index in [9.17, 15) is 54.6 Å². The number of thioether (sulfide) groups is 2. The highest BCUT2D eigenvalue weighted by molar-refractivity contribution is 7.99. The molecule has 4 saturated heterocycles. The van der Waals surface area contributed by atoms with Crippen LogP contribution in [0.3, 0.4) is 0 Å². The number of carbonyl (C=O) groups excluding carboxylic acids is 7. The van der Waals surface area contributed by atoms with E-state index in [1.54, 1.807) is 89.5 Å². The first-order valence-corrected chi connectivity index (χ1v) is 43.4. The molecule has 14 aliphatic heterocycles. The Balaban J connectivity index is 0.000000193. The summed E-state index contributed by atoms with van der Waals surface area (Å²) >= 11 is 2.69. The number of fused-ring (bicyclic) bond motifs is 18. The Morgan fingerprint density at radius 1 is 0.496 bits per heavy atom. The number of nitrogens with one attached hydrogen (secondary N) is 2. The van der Waals surface area contributed by atoms with Crippen molar-refractivity contribution in [3.63, 3.8) is 0 Å². The second kappa shape index (κ2) is 33.3. The number of aryl methyl sites for hydroxylation is 2. The highest BCUT2D eigenvalue weighted by atomic mass is 32.2. The van der Waals surface area contributed by atoms with Gasteiger partial charge in [-0.15, -0.1) is 23.5 Å². The van der Waals surface area contributed by atoms with Crippen LogP contribution in [-0.4, -0.2) is 204 Å². The maximum atomic E-state index is 15.1. The minimum Gasteiger partial charge on any atom is -0.504 e. The first-order chi connectivity index (χ1) is 59.5. The van der Waals surface area contributed by atoms with E-state index in [1.165, 1.54) is 72.7 Å². The van der Waals surface area contributed by atoms with Crippen LogP contribution in [0.2, 0.25) is 0 Å². The van der Waals surface area contributed by atoms with Crippen LogP contribution in [0.5, 0.6) is 80.5 Å². The number of carbonyl (C=O) groups is 7. The van der Waals surface area contributed by atoms with Crippen molar-refractivity contribution >= 4 is 65.6 Å². The molecule has 35 heteroatoms. The second-order valence-corrected chi connectivity index (χ2v) is 37.5. The number of esters is 5. The number of rotatable bonds is 7. The average molecular weight is 1790 g/mol. The molecule has 2 amide bonds. The third-order valence-electron chi connectivity index (χ3n) is 25.7. The summed E-state index contributed by atoms with van der Waals surface area (Å²) < 4.78 is 90.5. The Morgan fingerprint density at radius 3 is 1.27 bits per heavy atom. The fourth-order valence-electron chi connectivity index (χ4n) is 21.2. The Hall–Kier alpha value is -11.5. The molecular formula is C92H106N8O25S2. The quantitative estimate of drug-likeness (QED) is 0.0563. The van der Waals surface area contributed by atoms with Crippen molar-refractivity contribution in [2.45, 2.75) is 224 Å². The van der Waals surface area contributed by atoms with Crippen LogP contribution >= 0.6 is 23.5 Å². The van der Waals surface area contributed by atoms with E-state index in [1.807, 2.05) is 35.8 Å². The van der Waals surface area contributed by atoms with E-state index < -0.39 is 135 Å². The van der Waals surface area contributed by atoms with Gasteiger partial charge in [0.05, 0.1) is 99.4 Å². The zero-order chi connectivity index (χ0) is 89.2. The number of phenolic OH excluding ortho intramolecular Hbond substituents is 3. The number of ether oxygens (including phenoxy) is 15. The van der Waals surface area contributed by atoms with Crippen LogP contribution in [0.4, 0.5) is 9.59 Å². The molecule has 6 aromatic rings. The van der Waals surface area contributed by atoms with Gasteiger partial charge < -0.3 is 86.4 Å². The largest absolute Gasteiger partial charge is 0.504 e. The summed E-state index contributed by atoms with van der Waals surface area (Å²) in [5.74, 6) is -0.302. The predicted molar refractivity (Wildman–Crippen MR) is 460 cm³/mol. The standard InChI is InChI=1S/C46H50N4O13S.C44H48N4O12S.2CH4/c1-20-12-25-13-27-28(16-47)49-29-17-58-43(54)46(26-15-30(56-8)31(61-22(3)51)14-24(26)10-11-48-46)18-64-42(34-33(29)41-40(59-19-60-41)21(2)39(34)62-23(4)52)36(49)35(32(25)37(53)38(20)57-9)50(27)44(55)63-45(5,6)7;1-19-11-23-12-25-26(15-45)47-27-16-56-41(52)44(24-14-29(54-7)28(50)13-22(24)9-10-46-44)17-61-40(32-31(27)39-38(57-18-58-39)20(2)37(32)59-21(3)49)34(47)33(30(23)35(51)36(19)55-8)48(25)42(53)60-43(4,5)6;;/h12,14-15,27-29,35-36,42,48,53H,10-11,13,17-19H2,1-9H3;11,13-14,25-27,33-34,40,46,50-51H,9-10,12,16-18H2,1-8H3;2*1H4/t27-,28-,29-,35+,36?,42+,46+;25-,26-,27-,33+,34?,40+,44+;;/m00../s1. The number of phenols is 3. The lowest BCUT2D eigenvalue weighted by Crippen LogP contribution is -2.71. The first kappa shape index (κ1) is 90.3. The Morgan fingerprint density at radius 2 is 0.890 bits per heavy atom. The Labute approximate surface area is 743 Å². The van der Waals surface area contributed by atoms with Crippen LogP contribution in [0, 0.1) is 50.4 Å². The van der Waals surface area contributed by atoms with E-state index in [0.29, 0.717) is 116 Å². The number of hydrogen-bond donors (Lipinski definition) is 5. The van der Waals surface area contributed by atoms with Crippen LogP contribution in [0.1, 0.15) is 201 Å². The molecule has 14 heterocycles. The molecule has 0 radical (unpaired) electrons. The van der Waals surface area contributed by atoms with Crippen LogP contribution < -0.4 is 62.7 Å². The molecule has 0 aliphatic carbocycles. The molecule has 33 nitrogen and oxygen atoms in total. The summed E-state index contributed by atoms with van der Waals surface area (Å²) in [6.07, 6.45) is -0.0169. The van der Waals surface area contributed by atoms with Gasteiger partial charge in [-0.3, -0.25) is 44.6 Å². The van der Waals surface area contributed by atoms with Crippen LogP contribution in [0.25, 0.3) is 0 Å². The molecule has 6 aromatic carbocycles. The number of piperazine rings is 2. The predicted octanol–water partition coefficient (Wildman–Crippen LogP) is 12.1. The summed E-state index contributed by atoms with van der Waals surface area (Å²) in [6.45, 7) is 21.5. The summed E-state index contributed by atoms with van der Waals surface area (Å²) in [5, 5.41) is 63.6. The average Bonchev–Trinajstić information content (AvgIpc) is 1.38. The van der Waals surface area contributed by atoms with Gasteiger partial charge in [0.1, 0.15) is 48.0 Å². The van der Waals surface area contributed by atoms with E-state index in [2.05, 4.69) is 22.8 Å². The lowest BCUT2D eigenvalue weighted by Gasteiger charge is -2.62. The third kappa shape index (κ3) is 14.3. The molecule has 2 unspecified atom stereocenters. The molecule has 14 atom stereocenters. The van der Waals surface area contributed by atoms with Gasteiger partial charge in [0.25, 0.3) is 0 Å². The first-order valence-electron chi connectivity index (χ1n) is 41.3. The molecule has 5 N–H and O–H groups in total. The SMILES string of the molecule is C.C.COc1cc2c(cc1O)CCN[C@]21CS[C@@H]2c3c(OC(C)=O)c(C)c4c(c3[C@H](COC1=O)N1C2[C@H]2c3c(cc(C)c(OC)c3O)C[C@@H]([C@@H]1C#N)N2C(=O)OC(C)(C)C)OCO4.COc1cc2c(cc1OC(C)=O)CCN[C@]21CS[C@@H]2c3c(OC(C)=O)c(C)c4c(c3[C@H](COC1=O)N1C2[C@H]2c3c(cc(C)c(OC)c3O)C[C@@H]([C@@H]1C#N)N2C(=O)OC(C)(C)C)OCO4. The molecule has 14 aliphatic rings. The molecule has 4 fully saturated rings. The third-order valence-corrected chi connectivity index (χ3v) is 28.7. The number of aromatic hydroxyl groups is 3. The summed E-state index contributed by atoms with van der Waals surface area (Å²) in [4.78, 5) is 105. The van der Waals surface area contributed by atoms with Gasteiger partial charge in [0.15, 0.2) is 80.1 Å². The number of nitriles is 2. The van der Waals surface area contributed by atoms with Gasteiger partial charge in [-0.05, 0) is 164 Å². The number of methoxy groups -OCH3 is 4. The van der Waals surface area contributed by atoms with E-state index in [4.69, 9.17) is 71.1 Å². The minimum absolute atomic E-state index is 0. The van der Waals surface area contributed by atoms with Gasteiger partial charge >= 0.3 is 42.0 Å². The monoisotopic (exact) mass is 1790 g/mol. The fraction of sp³-hybridized carbons (Fsp3) is 0.511. The van der Waals surface area contributed by atoms with Gasteiger partial charge in [-0.2, -0.15) is 10.5 Å². The van der Waals surface area contributed by atoms with Gasteiger partial charge in [0, 0.05) is 89.9 Å². The number of hydrogen-bond acceptors (Lipinski definition) is 33. The van der Waals surface area contributed by atoms with E-state index in [-0.39, 0.29) is 123 Å². The maximum Gasteiger partial charge on any atom is 0.411 e. The second-order valence-electron chi connectivity index (χ2n) is 35.2. The van der Waals surface area contributed by atoms with Gasteiger partial charge in [0.2, 0.25) is 13.6 Å². The van der Waals surface area contributed by atoms with Crippen LogP contribution in [0.15, 0.2) is 36.4 Å². The van der Waals surface area contributed by atoms with Crippen molar-refractivity contribution in [2.75, 3.05) is 79.8 Å². The Bertz CT molecular complexity index is 5700. The summed E-state index contributed by atoms with van der Waals surface area (Å²) in [6, 6.07) is 6.32. The van der Waals surface area contributed by atoms with Gasteiger partial charge in [-0.25, -0.2) is 19.2 Å². The van der Waals surface area contributed by atoms with Crippen molar-refractivity contribution < 1.29 is 120 Å². The zero-order valence-electron chi connectivity index (χ0n) is 72.2. The van der Waals surface area contributed by atoms with Crippen molar-refractivity contribution in [3.05, 3.63) is 125 Å². The highest BCUT2D eigenvalue weighted by Gasteiger charge is 2.67. The van der Waals surface area contributed by atoms with Crippen molar-refractivity contribution in [3.8, 4) is 92.6 Å². The molecule has 127 heavy (non-hydrogen) atoms. The van der Waals surface area contributed by atoms with Crippen molar-refractivity contribution in [2.24, 2.45) is 0 Å².